The minimum atomic E-state index is 0. The van der Waals surface area contributed by atoms with Gasteiger partial charge >= 0.3 is 0 Å². The van der Waals surface area contributed by atoms with Gasteiger partial charge in [-0.15, -0.1) is 12.4 Å². The van der Waals surface area contributed by atoms with E-state index in [1.54, 1.807) is 0 Å². The average Bonchev–Trinajstić information content (AvgIpc) is 2.42. The highest BCUT2D eigenvalue weighted by Crippen LogP contribution is 2.19. The number of rotatable bonds is 3. The predicted octanol–water partition coefficient (Wildman–Crippen LogP) is 2.80. The van der Waals surface area contributed by atoms with Gasteiger partial charge < -0.3 is 10.2 Å². The molecule has 0 aliphatic carbocycles. The van der Waals surface area contributed by atoms with Crippen LogP contribution in [0.5, 0.6) is 0 Å². The van der Waals surface area contributed by atoms with E-state index in [0.717, 1.165) is 38.0 Å². The van der Waals surface area contributed by atoms with E-state index in [2.05, 4.69) is 19.2 Å². The number of amides is 1. The molecule has 20 heavy (non-hydrogen) atoms. The van der Waals surface area contributed by atoms with Crippen LogP contribution in [0.2, 0.25) is 0 Å². The molecule has 0 unspecified atom stereocenters. The van der Waals surface area contributed by atoms with E-state index in [1.807, 2.05) is 30.1 Å². The fourth-order valence-corrected chi connectivity index (χ4v) is 2.69. The molecule has 112 valence electrons. The number of carbonyl (C=O) groups is 1. The molecule has 0 spiro atoms. The molecule has 3 nitrogen and oxygen atoms in total. The van der Waals surface area contributed by atoms with Crippen LogP contribution in [0.15, 0.2) is 18.2 Å². The topological polar surface area (TPSA) is 32.3 Å². The van der Waals surface area contributed by atoms with Crippen molar-refractivity contribution < 1.29 is 4.79 Å². The second kappa shape index (κ2) is 7.65. The molecular weight excluding hydrogens is 272 g/mol. The Morgan fingerprint density at radius 3 is 2.45 bits per heavy atom. The Labute approximate surface area is 128 Å². The van der Waals surface area contributed by atoms with Crippen LogP contribution in [0.4, 0.5) is 0 Å². The first kappa shape index (κ1) is 17.0. The second-order valence-corrected chi connectivity index (χ2v) is 5.59. The Kier molecular flexibility index (Phi) is 6.50. The first-order chi connectivity index (χ1) is 9.11. The van der Waals surface area contributed by atoms with Crippen molar-refractivity contribution in [1.82, 2.24) is 10.2 Å². The lowest BCUT2D eigenvalue weighted by Gasteiger charge is -2.32. The molecule has 0 saturated carbocycles. The number of hydrogen-bond acceptors (Lipinski definition) is 2. The molecule has 1 aromatic carbocycles. The average molecular weight is 297 g/mol. The van der Waals surface area contributed by atoms with Gasteiger partial charge in [0.2, 0.25) is 0 Å². The molecule has 1 N–H and O–H groups in total. The number of likely N-dealkylation sites (tertiary alicyclic amines) is 1. The van der Waals surface area contributed by atoms with Gasteiger partial charge in [0.15, 0.2) is 0 Å². The minimum absolute atomic E-state index is 0. The van der Waals surface area contributed by atoms with Gasteiger partial charge in [0.05, 0.1) is 0 Å². The van der Waals surface area contributed by atoms with Gasteiger partial charge in [-0.25, -0.2) is 0 Å². The monoisotopic (exact) mass is 296 g/mol. The summed E-state index contributed by atoms with van der Waals surface area (Å²) in [5.41, 5.74) is 3.26. The molecule has 0 radical (unpaired) electrons. The molecule has 1 amide bonds. The van der Waals surface area contributed by atoms with Gasteiger partial charge in [0.1, 0.15) is 0 Å². The normalized spacial score (nSPS) is 15.8. The number of nitrogens with zero attached hydrogens (tertiary/aromatic N) is 1. The van der Waals surface area contributed by atoms with Crippen molar-refractivity contribution in [3.05, 3.63) is 34.9 Å². The first-order valence-electron chi connectivity index (χ1n) is 7.13. The fourth-order valence-electron chi connectivity index (χ4n) is 2.69. The molecule has 2 rings (SSSR count). The third-order valence-electron chi connectivity index (χ3n) is 4.15. The van der Waals surface area contributed by atoms with E-state index in [4.69, 9.17) is 0 Å². The van der Waals surface area contributed by atoms with E-state index in [-0.39, 0.29) is 18.3 Å². The highest BCUT2D eigenvalue weighted by atomic mass is 35.5. The summed E-state index contributed by atoms with van der Waals surface area (Å²) in [4.78, 5) is 14.4. The molecule has 0 bridgehead atoms. The zero-order chi connectivity index (χ0) is 13.8. The van der Waals surface area contributed by atoms with Gasteiger partial charge in [-0.1, -0.05) is 6.07 Å². The predicted molar refractivity (Wildman–Crippen MR) is 85.7 cm³/mol. The number of hydrogen-bond donors (Lipinski definition) is 1. The minimum Gasteiger partial charge on any atom is -0.339 e. The number of piperidine rings is 1. The van der Waals surface area contributed by atoms with E-state index >= 15 is 0 Å². The van der Waals surface area contributed by atoms with Crippen LogP contribution < -0.4 is 5.32 Å². The Hall–Kier alpha value is -1.06. The summed E-state index contributed by atoms with van der Waals surface area (Å²) in [5.74, 6) is 0.903. The number of carbonyl (C=O) groups excluding carboxylic acids is 1. The number of halogens is 1. The van der Waals surface area contributed by atoms with Gasteiger partial charge in [0.25, 0.3) is 5.91 Å². The summed E-state index contributed by atoms with van der Waals surface area (Å²) in [5, 5.41) is 3.22. The molecule has 1 saturated heterocycles. The molecule has 1 heterocycles. The van der Waals surface area contributed by atoms with E-state index in [9.17, 15) is 4.79 Å². The lowest BCUT2D eigenvalue weighted by atomic mass is 9.96. The Bertz CT molecular complexity index is 454. The summed E-state index contributed by atoms with van der Waals surface area (Å²) in [6, 6.07) is 6.00. The van der Waals surface area contributed by atoms with Crippen molar-refractivity contribution >= 4 is 18.3 Å². The van der Waals surface area contributed by atoms with E-state index in [0.29, 0.717) is 5.92 Å². The summed E-state index contributed by atoms with van der Waals surface area (Å²) >= 11 is 0. The fraction of sp³-hybridized carbons (Fsp3) is 0.562. The van der Waals surface area contributed by atoms with E-state index < -0.39 is 0 Å². The lowest BCUT2D eigenvalue weighted by molar-refractivity contribution is 0.0691. The zero-order valence-electron chi connectivity index (χ0n) is 12.6. The largest absolute Gasteiger partial charge is 0.339 e. The second-order valence-electron chi connectivity index (χ2n) is 5.59. The summed E-state index contributed by atoms with van der Waals surface area (Å²) in [7, 11) is 1.99. The number of nitrogens with one attached hydrogen (secondary N) is 1. The quantitative estimate of drug-likeness (QED) is 0.930. The molecule has 1 fully saturated rings. The van der Waals surface area contributed by atoms with Crippen LogP contribution in [0.1, 0.15) is 34.3 Å². The molecule has 0 aromatic heterocycles. The van der Waals surface area contributed by atoms with Crippen LogP contribution in [-0.4, -0.2) is 37.5 Å². The smallest absolute Gasteiger partial charge is 0.253 e. The molecule has 0 atom stereocenters. The summed E-state index contributed by atoms with van der Waals surface area (Å²) in [6.45, 7) is 6.97. The van der Waals surface area contributed by atoms with Crippen LogP contribution >= 0.6 is 12.4 Å². The van der Waals surface area contributed by atoms with Crippen molar-refractivity contribution in [2.45, 2.75) is 26.7 Å². The van der Waals surface area contributed by atoms with Gasteiger partial charge in [0, 0.05) is 18.7 Å². The van der Waals surface area contributed by atoms with Crippen molar-refractivity contribution in [3.8, 4) is 0 Å². The third-order valence-corrected chi connectivity index (χ3v) is 4.15. The van der Waals surface area contributed by atoms with Gasteiger partial charge in [-0.05, 0) is 69.5 Å². The van der Waals surface area contributed by atoms with Crippen molar-refractivity contribution in [2.24, 2.45) is 5.92 Å². The van der Waals surface area contributed by atoms with E-state index in [1.165, 1.54) is 11.1 Å². The van der Waals surface area contributed by atoms with Crippen LogP contribution in [0, 0.1) is 19.8 Å². The van der Waals surface area contributed by atoms with Crippen molar-refractivity contribution in [3.63, 3.8) is 0 Å². The molecule has 1 aromatic rings. The highest BCUT2D eigenvalue weighted by Gasteiger charge is 2.23. The summed E-state index contributed by atoms with van der Waals surface area (Å²) < 4.78 is 0. The van der Waals surface area contributed by atoms with Crippen molar-refractivity contribution in [1.29, 1.82) is 0 Å². The standard InChI is InChI=1S/C16H24N2O.ClH/c1-12-4-5-15(10-13(12)2)16(19)18-8-6-14(7-9-18)11-17-3;/h4-5,10,14,17H,6-9,11H2,1-3H3;1H. The van der Waals surface area contributed by atoms with Crippen LogP contribution in [-0.2, 0) is 0 Å². The Balaban J connectivity index is 0.00000200. The van der Waals surface area contributed by atoms with Gasteiger partial charge in [-0.3, -0.25) is 4.79 Å². The molecule has 1 aliphatic rings. The van der Waals surface area contributed by atoms with Crippen LogP contribution in [0.25, 0.3) is 0 Å². The SMILES string of the molecule is CNCC1CCN(C(=O)c2ccc(C)c(C)c2)CC1.Cl. The van der Waals surface area contributed by atoms with Crippen LogP contribution in [0.3, 0.4) is 0 Å². The lowest BCUT2D eigenvalue weighted by Crippen LogP contribution is -2.40. The molecule has 4 heteroatoms. The highest BCUT2D eigenvalue weighted by molar-refractivity contribution is 5.94. The Morgan fingerprint density at radius 1 is 1.25 bits per heavy atom. The van der Waals surface area contributed by atoms with Gasteiger partial charge in [-0.2, -0.15) is 0 Å². The number of aryl methyl sites for hydroxylation is 2. The Morgan fingerprint density at radius 2 is 1.90 bits per heavy atom. The first-order valence-corrected chi connectivity index (χ1v) is 7.13. The zero-order valence-corrected chi connectivity index (χ0v) is 13.4. The molecule has 1 aliphatic heterocycles. The maximum absolute atomic E-state index is 12.4. The third kappa shape index (κ3) is 3.97. The summed E-state index contributed by atoms with van der Waals surface area (Å²) in [6.07, 6.45) is 2.22. The maximum Gasteiger partial charge on any atom is 0.253 e. The maximum atomic E-state index is 12.4. The molecular formula is C16H25ClN2O. The number of benzene rings is 1. The van der Waals surface area contributed by atoms with Crippen molar-refractivity contribution in [2.75, 3.05) is 26.7 Å².